The minimum Gasteiger partial charge on any atom is -0.486 e. The number of nitrogens with one attached hydrogen (secondary N) is 1. The largest absolute Gasteiger partial charge is 0.486 e. The van der Waals surface area contributed by atoms with Gasteiger partial charge in [0.15, 0.2) is 11.5 Å². The molecule has 1 heterocycles. The molecule has 1 aromatic carbocycles. The third kappa shape index (κ3) is 4.59. The predicted molar refractivity (Wildman–Crippen MR) is 97.0 cm³/mol. The summed E-state index contributed by atoms with van der Waals surface area (Å²) in [6.45, 7) is 3.41. The van der Waals surface area contributed by atoms with Crippen LogP contribution in [0.3, 0.4) is 0 Å². The van der Waals surface area contributed by atoms with Gasteiger partial charge < -0.3 is 14.8 Å². The van der Waals surface area contributed by atoms with Crippen molar-refractivity contribution >= 4 is 17.7 Å². The van der Waals surface area contributed by atoms with Crippen LogP contribution in [0.4, 0.5) is 0 Å². The number of fused-ring (bicyclic) bond motifs is 1. The first-order valence-corrected chi connectivity index (χ1v) is 10.1. The van der Waals surface area contributed by atoms with Gasteiger partial charge in [-0.1, -0.05) is 26.2 Å². The van der Waals surface area contributed by atoms with Gasteiger partial charge in [-0.3, -0.25) is 4.79 Å². The second-order valence-corrected chi connectivity index (χ2v) is 7.65. The van der Waals surface area contributed by atoms with Gasteiger partial charge in [0.25, 0.3) is 0 Å². The minimum atomic E-state index is 0.142. The highest BCUT2D eigenvalue weighted by Crippen LogP contribution is 2.34. The number of hydrogen-bond acceptors (Lipinski definition) is 4. The molecule has 3 rings (SSSR count). The van der Waals surface area contributed by atoms with Crippen molar-refractivity contribution in [3.8, 4) is 11.5 Å². The number of carbonyl (C=O) groups is 1. The molecule has 0 spiro atoms. The lowest BCUT2D eigenvalue weighted by Gasteiger charge is -2.21. The fourth-order valence-corrected chi connectivity index (χ4v) is 4.29. The number of carbonyl (C=O) groups excluding carboxylic acids is 1. The molecule has 1 fully saturated rings. The Kier molecular flexibility index (Phi) is 6.30. The second kappa shape index (κ2) is 8.65. The molecule has 24 heavy (non-hydrogen) atoms. The van der Waals surface area contributed by atoms with Gasteiger partial charge in [0.2, 0.25) is 5.91 Å². The van der Waals surface area contributed by atoms with E-state index in [1.165, 1.54) is 32.1 Å². The number of benzene rings is 1. The maximum Gasteiger partial charge on any atom is 0.230 e. The summed E-state index contributed by atoms with van der Waals surface area (Å²) < 4.78 is 11.1. The number of amides is 1. The van der Waals surface area contributed by atoms with Crippen molar-refractivity contribution in [3.63, 3.8) is 0 Å². The quantitative estimate of drug-likeness (QED) is 0.755. The first-order chi connectivity index (χ1) is 11.8. The highest BCUT2D eigenvalue weighted by atomic mass is 32.2. The van der Waals surface area contributed by atoms with E-state index in [-0.39, 0.29) is 5.91 Å². The summed E-state index contributed by atoms with van der Waals surface area (Å²) in [5, 5.41) is 3.25. The van der Waals surface area contributed by atoms with Gasteiger partial charge in [-0.25, -0.2) is 0 Å². The molecule has 0 bridgehead atoms. The Balaban J connectivity index is 1.47. The monoisotopic (exact) mass is 349 g/mol. The normalized spacial score (nSPS) is 22.4. The molecule has 1 aliphatic carbocycles. The Morgan fingerprint density at radius 2 is 2.08 bits per heavy atom. The van der Waals surface area contributed by atoms with Crippen LogP contribution in [0.1, 0.15) is 45.4 Å². The average molecular weight is 349 g/mol. The van der Waals surface area contributed by atoms with Gasteiger partial charge in [-0.2, -0.15) is 0 Å². The van der Waals surface area contributed by atoms with Gasteiger partial charge in [0.1, 0.15) is 13.2 Å². The first kappa shape index (κ1) is 17.5. The van der Waals surface area contributed by atoms with Crippen LogP contribution in [0.15, 0.2) is 23.1 Å². The Hall–Kier alpha value is -1.36. The van der Waals surface area contributed by atoms with Crippen molar-refractivity contribution in [2.45, 2.75) is 56.4 Å². The molecule has 5 heteroatoms. The van der Waals surface area contributed by atoms with Crippen molar-refractivity contribution < 1.29 is 14.3 Å². The highest BCUT2D eigenvalue weighted by molar-refractivity contribution is 8.00. The smallest absolute Gasteiger partial charge is 0.230 e. The fourth-order valence-electron chi connectivity index (χ4n) is 3.55. The molecule has 1 amide bonds. The van der Waals surface area contributed by atoms with E-state index in [1.807, 2.05) is 18.2 Å². The lowest BCUT2D eigenvalue weighted by molar-refractivity contribution is -0.119. The summed E-state index contributed by atoms with van der Waals surface area (Å²) in [6.07, 6.45) is 7.39. The van der Waals surface area contributed by atoms with Crippen molar-refractivity contribution in [1.29, 1.82) is 0 Å². The summed E-state index contributed by atoms with van der Waals surface area (Å²) in [5.41, 5.74) is 0. The zero-order valence-electron chi connectivity index (χ0n) is 14.4. The molecule has 2 atom stereocenters. The molecule has 1 saturated carbocycles. The van der Waals surface area contributed by atoms with Crippen LogP contribution in [0.2, 0.25) is 0 Å². The van der Waals surface area contributed by atoms with Gasteiger partial charge in [0.05, 0.1) is 5.75 Å². The Labute approximate surface area is 148 Å². The lowest BCUT2D eigenvalue weighted by Crippen LogP contribution is -2.38. The molecule has 0 aromatic heterocycles. The van der Waals surface area contributed by atoms with E-state index >= 15 is 0 Å². The fraction of sp³-hybridized carbons (Fsp3) is 0.632. The molecule has 1 aliphatic heterocycles. The molecule has 0 radical (unpaired) electrons. The molecule has 2 unspecified atom stereocenters. The van der Waals surface area contributed by atoms with E-state index in [0.29, 0.717) is 30.9 Å². The van der Waals surface area contributed by atoms with E-state index in [4.69, 9.17) is 9.47 Å². The van der Waals surface area contributed by atoms with Crippen molar-refractivity contribution in [2.24, 2.45) is 5.92 Å². The molecular formula is C19H27NO3S. The van der Waals surface area contributed by atoms with Crippen LogP contribution in [-0.4, -0.2) is 30.9 Å². The highest BCUT2D eigenvalue weighted by Gasteiger charge is 2.27. The lowest BCUT2D eigenvalue weighted by atomic mass is 9.97. The van der Waals surface area contributed by atoms with Crippen molar-refractivity contribution in [3.05, 3.63) is 18.2 Å². The maximum absolute atomic E-state index is 12.3. The summed E-state index contributed by atoms with van der Waals surface area (Å²) in [5.74, 6) is 2.84. The number of thioether (sulfide) groups is 1. The van der Waals surface area contributed by atoms with E-state index in [9.17, 15) is 4.79 Å². The zero-order valence-corrected chi connectivity index (χ0v) is 15.2. The Morgan fingerprint density at radius 3 is 2.92 bits per heavy atom. The summed E-state index contributed by atoms with van der Waals surface area (Å²) in [7, 11) is 0. The topological polar surface area (TPSA) is 47.6 Å². The van der Waals surface area contributed by atoms with Crippen LogP contribution in [0.25, 0.3) is 0 Å². The predicted octanol–water partition coefficient (Wildman–Crippen LogP) is 4.03. The van der Waals surface area contributed by atoms with Gasteiger partial charge in [-0.05, 0) is 43.4 Å². The standard InChI is InChI=1S/C19H27NO3S/c1-2-3-5-14-6-4-7-16(14)20-19(21)13-24-15-8-9-17-18(12-15)23-11-10-22-17/h8-9,12,14,16H,2-7,10-11,13H2,1H3,(H,20,21). The summed E-state index contributed by atoms with van der Waals surface area (Å²) in [6, 6.07) is 6.26. The molecule has 0 saturated heterocycles. The minimum absolute atomic E-state index is 0.142. The Bertz CT molecular complexity index is 564. The number of unbranched alkanes of at least 4 members (excludes halogenated alkanes) is 1. The first-order valence-electron chi connectivity index (χ1n) is 9.08. The summed E-state index contributed by atoms with van der Waals surface area (Å²) >= 11 is 1.56. The van der Waals surface area contributed by atoms with Crippen molar-refractivity contribution in [2.75, 3.05) is 19.0 Å². The second-order valence-electron chi connectivity index (χ2n) is 6.60. The molecule has 2 aliphatic rings. The SMILES string of the molecule is CCCCC1CCCC1NC(=O)CSc1ccc2c(c1)OCCO2. The molecule has 4 nitrogen and oxygen atoms in total. The van der Waals surface area contributed by atoms with Crippen LogP contribution >= 0.6 is 11.8 Å². The third-order valence-electron chi connectivity index (χ3n) is 4.82. The van der Waals surface area contributed by atoms with Gasteiger partial charge in [0, 0.05) is 10.9 Å². The van der Waals surface area contributed by atoms with E-state index in [0.717, 1.165) is 22.8 Å². The van der Waals surface area contributed by atoms with Gasteiger partial charge >= 0.3 is 0 Å². The molecule has 1 N–H and O–H groups in total. The van der Waals surface area contributed by atoms with E-state index in [2.05, 4.69) is 12.2 Å². The van der Waals surface area contributed by atoms with E-state index in [1.54, 1.807) is 11.8 Å². The zero-order chi connectivity index (χ0) is 16.8. The molecule has 1 aromatic rings. The maximum atomic E-state index is 12.3. The van der Waals surface area contributed by atoms with Crippen LogP contribution in [-0.2, 0) is 4.79 Å². The number of rotatable bonds is 7. The Morgan fingerprint density at radius 1 is 1.25 bits per heavy atom. The van der Waals surface area contributed by atoms with Crippen LogP contribution in [0, 0.1) is 5.92 Å². The van der Waals surface area contributed by atoms with E-state index < -0.39 is 0 Å². The molecule has 132 valence electrons. The van der Waals surface area contributed by atoms with Crippen LogP contribution < -0.4 is 14.8 Å². The number of ether oxygens (including phenoxy) is 2. The average Bonchev–Trinajstić information content (AvgIpc) is 3.05. The van der Waals surface area contributed by atoms with Crippen LogP contribution in [0.5, 0.6) is 11.5 Å². The van der Waals surface area contributed by atoms with Gasteiger partial charge in [-0.15, -0.1) is 11.8 Å². The number of hydrogen-bond donors (Lipinski definition) is 1. The third-order valence-corrected chi connectivity index (χ3v) is 5.81. The van der Waals surface area contributed by atoms with Crippen molar-refractivity contribution in [1.82, 2.24) is 5.32 Å². The summed E-state index contributed by atoms with van der Waals surface area (Å²) in [4.78, 5) is 13.3. The molecular weight excluding hydrogens is 322 g/mol.